The summed E-state index contributed by atoms with van der Waals surface area (Å²) >= 11 is 0. The molecule has 0 spiro atoms. The molecule has 1 saturated heterocycles. The Morgan fingerprint density at radius 1 is 1.13 bits per heavy atom. The second-order valence-corrected chi connectivity index (χ2v) is 5.25. The maximum Gasteiger partial charge on any atom is 0.0139 e. The van der Waals surface area contributed by atoms with Gasteiger partial charge < -0.3 is 5.73 Å². The molecule has 1 aliphatic carbocycles. The van der Waals surface area contributed by atoms with Crippen LogP contribution in [0.15, 0.2) is 0 Å². The normalized spacial score (nSPS) is 28.4. The number of nitrogens with zero attached hydrogens (tertiary/aromatic N) is 2. The Bertz CT molecular complexity index is 179. The quantitative estimate of drug-likeness (QED) is 0.752. The highest BCUT2D eigenvalue weighted by Crippen LogP contribution is 2.24. The van der Waals surface area contributed by atoms with Crippen molar-refractivity contribution >= 4 is 0 Å². The summed E-state index contributed by atoms with van der Waals surface area (Å²) in [6.45, 7) is 8.13. The minimum atomic E-state index is 0.322. The number of nitrogens with two attached hydrogens (primary N) is 1. The smallest absolute Gasteiger partial charge is 0.0139 e. The van der Waals surface area contributed by atoms with Crippen LogP contribution in [0.3, 0.4) is 0 Å². The van der Waals surface area contributed by atoms with Gasteiger partial charge in [-0.2, -0.15) is 0 Å². The Morgan fingerprint density at radius 3 is 2.27 bits per heavy atom. The number of hydrogen-bond acceptors (Lipinski definition) is 3. The van der Waals surface area contributed by atoms with Crippen molar-refractivity contribution in [2.75, 3.05) is 32.7 Å². The van der Waals surface area contributed by atoms with Gasteiger partial charge in [0, 0.05) is 44.8 Å². The molecule has 2 aliphatic rings. The van der Waals surface area contributed by atoms with Crippen LogP contribution < -0.4 is 5.73 Å². The third-order valence-corrected chi connectivity index (χ3v) is 3.79. The van der Waals surface area contributed by atoms with E-state index in [0.29, 0.717) is 6.04 Å². The minimum absolute atomic E-state index is 0.322. The van der Waals surface area contributed by atoms with Crippen LogP contribution in [-0.2, 0) is 0 Å². The van der Waals surface area contributed by atoms with Crippen LogP contribution in [-0.4, -0.2) is 54.6 Å². The SMILES string of the molecule is C[C@H](N)CN1CCN(C2CCCC2)CC1. The first-order valence-electron chi connectivity index (χ1n) is 6.47. The molecule has 1 atom stereocenters. The molecule has 0 aromatic rings. The molecule has 0 aromatic carbocycles. The molecular formula is C12H25N3. The molecule has 1 aliphatic heterocycles. The van der Waals surface area contributed by atoms with E-state index >= 15 is 0 Å². The van der Waals surface area contributed by atoms with Gasteiger partial charge in [0.15, 0.2) is 0 Å². The summed E-state index contributed by atoms with van der Waals surface area (Å²) in [4.78, 5) is 5.21. The zero-order chi connectivity index (χ0) is 10.7. The largest absolute Gasteiger partial charge is 0.327 e. The fourth-order valence-electron chi connectivity index (χ4n) is 2.99. The molecular weight excluding hydrogens is 186 g/mol. The molecule has 1 heterocycles. The fourth-order valence-corrected chi connectivity index (χ4v) is 2.99. The highest BCUT2D eigenvalue weighted by atomic mass is 15.3. The number of rotatable bonds is 3. The first-order valence-corrected chi connectivity index (χ1v) is 6.47. The Balaban J connectivity index is 1.71. The van der Waals surface area contributed by atoms with Crippen LogP contribution in [0.4, 0.5) is 0 Å². The topological polar surface area (TPSA) is 32.5 Å². The Kier molecular flexibility index (Phi) is 4.00. The lowest BCUT2D eigenvalue weighted by molar-refractivity contribution is 0.0952. The van der Waals surface area contributed by atoms with Gasteiger partial charge in [0.1, 0.15) is 0 Å². The summed E-state index contributed by atoms with van der Waals surface area (Å²) < 4.78 is 0. The van der Waals surface area contributed by atoms with Gasteiger partial charge in [0.25, 0.3) is 0 Å². The number of hydrogen-bond donors (Lipinski definition) is 1. The van der Waals surface area contributed by atoms with E-state index in [4.69, 9.17) is 5.73 Å². The average Bonchev–Trinajstić information content (AvgIpc) is 2.71. The molecule has 2 N–H and O–H groups in total. The van der Waals surface area contributed by atoms with Gasteiger partial charge in [0.05, 0.1) is 0 Å². The van der Waals surface area contributed by atoms with Crippen molar-refractivity contribution in [1.82, 2.24) is 9.80 Å². The number of piperazine rings is 1. The zero-order valence-corrected chi connectivity index (χ0v) is 9.99. The van der Waals surface area contributed by atoms with Crippen LogP contribution >= 0.6 is 0 Å². The summed E-state index contributed by atoms with van der Waals surface area (Å²) in [6.07, 6.45) is 5.77. The molecule has 0 aromatic heterocycles. The summed E-state index contributed by atoms with van der Waals surface area (Å²) in [6, 6.07) is 1.23. The molecule has 0 radical (unpaired) electrons. The molecule has 3 nitrogen and oxygen atoms in total. The first kappa shape index (κ1) is 11.4. The first-order chi connectivity index (χ1) is 7.25. The molecule has 15 heavy (non-hydrogen) atoms. The highest BCUT2D eigenvalue weighted by Gasteiger charge is 2.25. The van der Waals surface area contributed by atoms with E-state index in [9.17, 15) is 0 Å². The van der Waals surface area contributed by atoms with Gasteiger partial charge in [0.2, 0.25) is 0 Å². The van der Waals surface area contributed by atoms with E-state index in [1.165, 1.54) is 51.9 Å². The monoisotopic (exact) mass is 211 g/mol. The fraction of sp³-hybridized carbons (Fsp3) is 1.00. The van der Waals surface area contributed by atoms with Gasteiger partial charge in [-0.05, 0) is 19.8 Å². The highest BCUT2D eigenvalue weighted by molar-refractivity contribution is 4.82. The lowest BCUT2D eigenvalue weighted by Crippen LogP contribution is -2.51. The lowest BCUT2D eigenvalue weighted by atomic mass is 10.1. The van der Waals surface area contributed by atoms with Crippen molar-refractivity contribution in [3.8, 4) is 0 Å². The van der Waals surface area contributed by atoms with E-state index in [1.807, 2.05) is 0 Å². The maximum atomic E-state index is 5.82. The van der Waals surface area contributed by atoms with Crippen LogP contribution in [0.5, 0.6) is 0 Å². The van der Waals surface area contributed by atoms with Crippen LogP contribution in [0.2, 0.25) is 0 Å². The third kappa shape index (κ3) is 3.16. The van der Waals surface area contributed by atoms with Crippen LogP contribution in [0.1, 0.15) is 32.6 Å². The van der Waals surface area contributed by atoms with Gasteiger partial charge >= 0.3 is 0 Å². The van der Waals surface area contributed by atoms with Crippen LogP contribution in [0, 0.1) is 0 Å². The Morgan fingerprint density at radius 2 is 1.73 bits per heavy atom. The van der Waals surface area contributed by atoms with Crippen molar-refractivity contribution in [3.63, 3.8) is 0 Å². The minimum Gasteiger partial charge on any atom is -0.327 e. The Hall–Kier alpha value is -0.120. The van der Waals surface area contributed by atoms with Gasteiger partial charge in [-0.1, -0.05) is 12.8 Å². The molecule has 0 bridgehead atoms. The van der Waals surface area contributed by atoms with Crippen molar-refractivity contribution < 1.29 is 0 Å². The van der Waals surface area contributed by atoms with E-state index in [-0.39, 0.29) is 0 Å². The Labute approximate surface area is 93.6 Å². The molecule has 0 amide bonds. The molecule has 3 heteroatoms. The second kappa shape index (κ2) is 5.28. The zero-order valence-electron chi connectivity index (χ0n) is 9.99. The van der Waals surface area contributed by atoms with Gasteiger partial charge in [-0.15, -0.1) is 0 Å². The maximum absolute atomic E-state index is 5.82. The van der Waals surface area contributed by atoms with Crippen molar-refractivity contribution in [3.05, 3.63) is 0 Å². The molecule has 0 unspecified atom stereocenters. The van der Waals surface area contributed by atoms with E-state index in [0.717, 1.165) is 12.6 Å². The molecule has 2 fully saturated rings. The summed E-state index contributed by atoms with van der Waals surface area (Å²) in [5.74, 6) is 0. The van der Waals surface area contributed by atoms with Crippen molar-refractivity contribution in [2.24, 2.45) is 5.73 Å². The predicted octanol–water partition coefficient (Wildman–Crippen LogP) is 0.894. The standard InChI is InChI=1S/C12H25N3/c1-11(13)10-14-6-8-15(9-7-14)12-4-2-3-5-12/h11-12H,2-10,13H2,1H3/t11-/m0/s1. The predicted molar refractivity (Wildman–Crippen MR) is 63.9 cm³/mol. The van der Waals surface area contributed by atoms with E-state index < -0.39 is 0 Å². The van der Waals surface area contributed by atoms with Crippen molar-refractivity contribution in [2.45, 2.75) is 44.7 Å². The summed E-state index contributed by atoms with van der Waals surface area (Å²) in [7, 11) is 0. The summed E-state index contributed by atoms with van der Waals surface area (Å²) in [5.41, 5.74) is 5.82. The summed E-state index contributed by atoms with van der Waals surface area (Å²) in [5, 5.41) is 0. The lowest BCUT2D eigenvalue weighted by Gasteiger charge is -2.38. The molecule has 88 valence electrons. The van der Waals surface area contributed by atoms with Crippen LogP contribution in [0.25, 0.3) is 0 Å². The van der Waals surface area contributed by atoms with Gasteiger partial charge in [-0.25, -0.2) is 0 Å². The third-order valence-electron chi connectivity index (χ3n) is 3.79. The average molecular weight is 211 g/mol. The molecule has 2 rings (SSSR count). The van der Waals surface area contributed by atoms with Crippen molar-refractivity contribution in [1.29, 1.82) is 0 Å². The van der Waals surface area contributed by atoms with Gasteiger partial charge in [-0.3, -0.25) is 9.80 Å². The van der Waals surface area contributed by atoms with E-state index in [1.54, 1.807) is 0 Å². The van der Waals surface area contributed by atoms with E-state index in [2.05, 4.69) is 16.7 Å². The molecule has 1 saturated carbocycles. The second-order valence-electron chi connectivity index (χ2n) is 5.25.